The highest BCUT2D eigenvalue weighted by Crippen LogP contribution is 2.10. The van der Waals surface area contributed by atoms with Crippen molar-refractivity contribution >= 4 is 29.0 Å². The molecule has 0 rings (SSSR count). The summed E-state index contributed by atoms with van der Waals surface area (Å²) in [6.45, 7) is 2.09. The monoisotopic (exact) mass is 194 g/mol. The summed E-state index contributed by atoms with van der Waals surface area (Å²) in [7, 11) is 0. The van der Waals surface area contributed by atoms with Crippen molar-refractivity contribution in [3.8, 4) is 0 Å². The van der Waals surface area contributed by atoms with Gasteiger partial charge < -0.3 is 0 Å². The second kappa shape index (κ2) is 6.68. The van der Waals surface area contributed by atoms with Gasteiger partial charge in [0, 0.05) is 12.0 Å². The zero-order chi connectivity index (χ0) is 8.69. The molecule has 0 saturated carbocycles. The van der Waals surface area contributed by atoms with E-state index in [0.29, 0.717) is 6.42 Å². The highest BCUT2D eigenvalue weighted by Gasteiger charge is 2.04. The van der Waals surface area contributed by atoms with Crippen molar-refractivity contribution in [3.05, 3.63) is 10.6 Å². The number of halogens is 2. The van der Waals surface area contributed by atoms with Gasteiger partial charge in [-0.3, -0.25) is 4.79 Å². The van der Waals surface area contributed by atoms with E-state index in [4.69, 9.17) is 23.2 Å². The van der Waals surface area contributed by atoms with Crippen molar-refractivity contribution in [1.82, 2.24) is 0 Å². The Labute approximate surface area is 77.4 Å². The molecule has 0 saturated heterocycles. The van der Waals surface area contributed by atoms with Crippen LogP contribution < -0.4 is 0 Å². The van der Waals surface area contributed by atoms with Crippen LogP contribution in [0.1, 0.15) is 32.6 Å². The highest BCUT2D eigenvalue weighted by atomic mass is 35.5. The summed E-state index contributed by atoms with van der Waals surface area (Å²) in [5, 5.41) is 0.141. The summed E-state index contributed by atoms with van der Waals surface area (Å²) < 4.78 is 0. The number of Topliss-reactive ketones (excluding diaryl/α,β-unsaturated/α-hetero) is 1. The van der Waals surface area contributed by atoms with Gasteiger partial charge in [-0.15, -0.1) is 0 Å². The Hall–Kier alpha value is -0.0100. The number of rotatable bonds is 5. The Balaban J connectivity index is 3.53. The van der Waals surface area contributed by atoms with E-state index in [1.807, 2.05) is 0 Å². The van der Waals surface area contributed by atoms with Crippen LogP contribution in [0.2, 0.25) is 0 Å². The Morgan fingerprint density at radius 2 is 2.09 bits per heavy atom. The van der Waals surface area contributed by atoms with Gasteiger partial charge in [0.1, 0.15) is 0 Å². The molecular weight excluding hydrogens is 183 g/mol. The molecule has 0 aliphatic carbocycles. The van der Waals surface area contributed by atoms with Gasteiger partial charge in [0.05, 0.1) is 5.03 Å². The fraction of sp³-hybridized carbons (Fsp3) is 0.625. The van der Waals surface area contributed by atoms with Crippen LogP contribution in [0, 0.1) is 0 Å². The molecule has 0 unspecified atom stereocenters. The number of allylic oxidation sites excluding steroid dienone is 1. The summed E-state index contributed by atoms with van der Waals surface area (Å²) in [5.74, 6) is -0.0601. The van der Waals surface area contributed by atoms with E-state index >= 15 is 0 Å². The molecule has 0 bridgehead atoms. The third-order valence-electron chi connectivity index (χ3n) is 1.37. The van der Waals surface area contributed by atoms with Crippen molar-refractivity contribution in [2.24, 2.45) is 0 Å². The maximum absolute atomic E-state index is 11.0. The molecule has 11 heavy (non-hydrogen) atoms. The minimum absolute atomic E-state index is 0.0601. The standard InChI is InChI=1S/C8H12Cl2O/c1-2-3-4-5-8(11)7(10)6-9/h6H,2-5H2,1H3/b7-6-. The largest absolute Gasteiger partial charge is 0.293 e. The number of carbonyl (C=O) groups is 1. The fourth-order valence-corrected chi connectivity index (χ4v) is 0.932. The first-order valence-corrected chi connectivity index (χ1v) is 4.53. The first kappa shape index (κ1) is 11.0. The minimum atomic E-state index is -0.0601. The number of hydrogen-bond acceptors (Lipinski definition) is 1. The van der Waals surface area contributed by atoms with Gasteiger partial charge >= 0.3 is 0 Å². The molecule has 0 N–H and O–H groups in total. The lowest BCUT2D eigenvalue weighted by atomic mass is 10.1. The SMILES string of the molecule is CCCCCC(=O)/C(Cl)=C/Cl. The highest BCUT2D eigenvalue weighted by molar-refractivity contribution is 6.46. The Kier molecular flexibility index (Phi) is 6.68. The summed E-state index contributed by atoms with van der Waals surface area (Å²) >= 11 is 10.7. The van der Waals surface area contributed by atoms with E-state index in [0.717, 1.165) is 24.8 Å². The van der Waals surface area contributed by atoms with Crippen LogP contribution in [0.3, 0.4) is 0 Å². The molecule has 0 spiro atoms. The lowest BCUT2D eigenvalue weighted by Gasteiger charge is -1.96. The number of unbranched alkanes of at least 4 members (excludes halogenated alkanes) is 2. The van der Waals surface area contributed by atoms with Crippen molar-refractivity contribution in [2.75, 3.05) is 0 Å². The molecule has 0 fully saturated rings. The Morgan fingerprint density at radius 1 is 1.45 bits per heavy atom. The Morgan fingerprint density at radius 3 is 2.55 bits per heavy atom. The normalized spacial score (nSPS) is 11.7. The van der Waals surface area contributed by atoms with Gasteiger partial charge in [0.15, 0.2) is 5.78 Å². The van der Waals surface area contributed by atoms with Gasteiger partial charge in [-0.25, -0.2) is 0 Å². The van der Waals surface area contributed by atoms with E-state index in [1.54, 1.807) is 0 Å². The predicted octanol–water partition coefficient (Wildman–Crippen LogP) is 3.45. The molecule has 0 atom stereocenters. The van der Waals surface area contributed by atoms with Crippen molar-refractivity contribution in [3.63, 3.8) is 0 Å². The van der Waals surface area contributed by atoms with Crippen LogP contribution >= 0.6 is 23.2 Å². The first-order chi connectivity index (χ1) is 5.22. The van der Waals surface area contributed by atoms with Gasteiger partial charge in [-0.1, -0.05) is 43.0 Å². The van der Waals surface area contributed by atoms with Crippen LogP contribution in [0.15, 0.2) is 10.6 Å². The molecule has 0 amide bonds. The second-order valence-electron chi connectivity index (χ2n) is 2.34. The van der Waals surface area contributed by atoms with Crippen LogP contribution in [0.4, 0.5) is 0 Å². The zero-order valence-electron chi connectivity index (χ0n) is 6.57. The quantitative estimate of drug-likeness (QED) is 0.485. The summed E-state index contributed by atoms with van der Waals surface area (Å²) in [6, 6.07) is 0. The third-order valence-corrected chi connectivity index (χ3v) is 2.02. The molecule has 1 nitrogen and oxygen atoms in total. The molecule has 0 aliphatic rings. The second-order valence-corrected chi connectivity index (χ2v) is 2.96. The topological polar surface area (TPSA) is 17.1 Å². The van der Waals surface area contributed by atoms with E-state index in [9.17, 15) is 4.79 Å². The summed E-state index contributed by atoms with van der Waals surface area (Å²) in [5.41, 5.74) is 1.12. The molecule has 0 radical (unpaired) electrons. The molecule has 3 heteroatoms. The van der Waals surface area contributed by atoms with Crippen molar-refractivity contribution in [1.29, 1.82) is 0 Å². The Bertz CT molecular complexity index is 152. The average Bonchev–Trinajstić information content (AvgIpc) is 2.03. The molecule has 0 aromatic carbocycles. The van der Waals surface area contributed by atoms with Crippen molar-refractivity contribution < 1.29 is 4.79 Å². The number of hydrogen-bond donors (Lipinski definition) is 0. The maximum Gasteiger partial charge on any atom is 0.175 e. The van der Waals surface area contributed by atoms with E-state index in [2.05, 4.69) is 6.92 Å². The molecule has 0 aromatic heterocycles. The van der Waals surface area contributed by atoms with Crippen LogP contribution in [0.25, 0.3) is 0 Å². The van der Waals surface area contributed by atoms with Crippen LogP contribution in [-0.4, -0.2) is 5.78 Å². The van der Waals surface area contributed by atoms with Gasteiger partial charge in [0.25, 0.3) is 0 Å². The average molecular weight is 195 g/mol. The zero-order valence-corrected chi connectivity index (χ0v) is 8.08. The lowest BCUT2D eigenvalue weighted by molar-refractivity contribution is -0.115. The van der Waals surface area contributed by atoms with Crippen LogP contribution in [-0.2, 0) is 4.79 Å². The van der Waals surface area contributed by atoms with Gasteiger partial charge in [-0.05, 0) is 6.42 Å². The van der Waals surface area contributed by atoms with Gasteiger partial charge in [0.2, 0.25) is 0 Å². The van der Waals surface area contributed by atoms with Crippen LogP contribution in [0.5, 0.6) is 0 Å². The molecule has 64 valence electrons. The molecular formula is C8H12Cl2O. The molecule has 0 aliphatic heterocycles. The van der Waals surface area contributed by atoms with Crippen molar-refractivity contribution in [2.45, 2.75) is 32.6 Å². The number of carbonyl (C=O) groups excluding carboxylic acids is 1. The number of ketones is 1. The molecule has 0 aromatic rings. The first-order valence-electron chi connectivity index (χ1n) is 3.71. The smallest absolute Gasteiger partial charge is 0.175 e. The lowest BCUT2D eigenvalue weighted by Crippen LogP contribution is -1.96. The molecule has 0 heterocycles. The minimum Gasteiger partial charge on any atom is -0.293 e. The van der Waals surface area contributed by atoms with Gasteiger partial charge in [-0.2, -0.15) is 0 Å². The maximum atomic E-state index is 11.0. The predicted molar refractivity (Wildman–Crippen MR) is 48.9 cm³/mol. The van der Waals surface area contributed by atoms with E-state index in [-0.39, 0.29) is 10.8 Å². The summed E-state index contributed by atoms with van der Waals surface area (Å²) in [4.78, 5) is 11.0. The fourth-order valence-electron chi connectivity index (χ4n) is 0.716. The third kappa shape index (κ3) is 5.28. The summed E-state index contributed by atoms with van der Waals surface area (Å²) in [6.07, 6.45) is 3.58. The van der Waals surface area contributed by atoms with E-state index in [1.165, 1.54) is 0 Å². The van der Waals surface area contributed by atoms with E-state index < -0.39 is 0 Å².